The zero-order valence-corrected chi connectivity index (χ0v) is 13.7. The highest BCUT2D eigenvalue weighted by atomic mass is 15.1. The number of aromatic amines is 1. The van der Waals surface area contributed by atoms with Gasteiger partial charge in [-0.05, 0) is 24.8 Å². The number of hydrogen-bond donors (Lipinski definition) is 1. The molecule has 1 fully saturated rings. The molecule has 0 radical (unpaired) electrons. The maximum absolute atomic E-state index is 9.28. The van der Waals surface area contributed by atoms with Gasteiger partial charge < -0.3 is 9.88 Å². The van der Waals surface area contributed by atoms with E-state index in [4.69, 9.17) is 0 Å². The summed E-state index contributed by atoms with van der Waals surface area (Å²) in [5, 5.41) is 10.3. The predicted octanol–water partition coefficient (Wildman–Crippen LogP) is 3.64. The van der Waals surface area contributed by atoms with E-state index in [1.807, 2.05) is 12.3 Å². The highest BCUT2D eigenvalue weighted by Gasteiger charge is 2.29. The second-order valence-corrected chi connectivity index (χ2v) is 6.62. The van der Waals surface area contributed by atoms with Gasteiger partial charge in [0.05, 0.1) is 18.2 Å². The second kappa shape index (κ2) is 6.48. The van der Waals surface area contributed by atoms with Crippen LogP contribution in [0.25, 0.3) is 16.6 Å². The van der Waals surface area contributed by atoms with Crippen molar-refractivity contribution in [1.82, 2.24) is 19.9 Å². The normalized spacial score (nSPS) is 19.5. The second-order valence-electron chi connectivity index (χ2n) is 6.62. The van der Waals surface area contributed by atoms with Crippen molar-refractivity contribution in [2.75, 3.05) is 6.54 Å². The Kier molecular flexibility index (Phi) is 4.04. The van der Waals surface area contributed by atoms with Crippen molar-refractivity contribution >= 4 is 16.6 Å². The van der Waals surface area contributed by atoms with E-state index in [1.54, 1.807) is 6.33 Å². The molecular formula is C19H21N5. The Morgan fingerprint density at radius 2 is 2.21 bits per heavy atom. The topological polar surface area (TPSA) is 68.6 Å². The van der Waals surface area contributed by atoms with Crippen LogP contribution in [0.3, 0.4) is 0 Å². The first kappa shape index (κ1) is 14.9. The molecule has 1 atom stereocenters. The number of nitrogens with one attached hydrogen (secondary N) is 1. The van der Waals surface area contributed by atoms with Crippen molar-refractivity contribution in [3.8, 4) is 6.07 Å². The zero-order valence-electron chi connectivity index (χ0n) is 13.7. The maximum Gasteiger partial charge on any atom is 0.141 e. The molecule has 2 aliphatic rings. The summed E-state index contributed by atoms with van der Waals surface area (Å²) >= 11 is 0. The molecule has 1 unspecified atom stereocenters. The fourth-order valence-electron chi connectivity index (χ4n) is 4.04. The van der Waals surface area contributed by atoms with Crippen LogP contribution in [0, 0.1) is 17.2 Å². The first-order valence-corrected chi connectivity index (χ1v) is 8.66. The van der Waals surface area contributed by atoms with Gasteiger partial charge in [-0.15, -0.1) is 0 Å². The zero-order chi connectivity index (χ0) is 16.4. The molecule has 5 heteroatoms. The number of allylic oxidation sites excluding steroid dienone is 2. The summed E-state index contributed by atoms with van der Waals surface area (Å²) in [6, 6.07) is 4.72. The fourth-order valence-corrected chi connectivity index (χ4v) is 4.04. The third kappa shape index (κ3) is 2.69. The molecule has 1 aliphatic carbocycles. The molecule has 0 aromatic carbocycles. The van der Waals surface area contributed by atoms with Gasteiger partial charge in [0.1, 0.15) is 12.0 Å². The molecular weight excluding hydrogens is 298 g/mol. The van der Waals surface area contributed by atoms with Crippen molar-refractivity contribution < 1.29 is 0 Å². The van der Waals surface area contributed by atoms with Crippen molar-refractivity contribution in [3.05, 3.63) is 42.6 Å². The largest absolute Gasteiger partial charge is 0.369 e. The minimum Gasteiger partial charge on any atom is -0.369 e. The van der Waals surface area contributed by atoms with E-state index in [9.17, 15) is 5.26 Å². The molecule has 0 amide bonds. The van der Waals surface area contributed by atoms with E-state index in [1.165, 1.54) is 25.7 Å². The number of aromatic nitrogens is 3. The smallest absolute Gasteiger partial charge is 0.141 e. The lowest BCUT2D eigenvalue weighted by Gasteiger charge is -2.34. The number of H-pyrrole nitrogens is 1. The lowest BCUT2D eigenvalue weighted by Crippen LogP contribution is -2.37. The number of fused-ring (bicyclic) bond motifs is 1. The van der Waals surface area contributed by atoms with Crippen molar-refractivity contribution in [2.24, 2.45) is 5.92 Å². The summed E-state index contributed by atoms with van der Waals surface area (Å²) in [6.07, 6.45) is 15.7. The van der Waals surface area contributed by atoms with Gasteiger partial charge in [0.2, 0.25) is 0 Å². The minimum absolute atomic E-state index is 0.306. The molecule has 1 N–H and O–H groups in total. The van der Waals surface area contributed by atoms with Gasteiger partial charge in [-0.25, -0.2) is 9.97 Å². The van der Waals surface area contributed by atoms with Crippen LogP contribution >= 0.6 is 0 Å². The summed E-state index contributed by atoms with van der Waals surface area (Å²) in [5.74, 6) is 0.631. The third-order valence-corrected chi connectivity index (χ3v) is 5.22. The summed E-state index contributed by atoms with van der Waals surface area (Å²) in [4.78, 5) is 14.2. The van der Waals surface area contributed by atoms with Gasteiger partial charge in [0.25, 0.3) is 0 Å². The monoisotopic (exact) mass is 319 g/mol. The van der Waals surface area contributed by atoms with Gasteiger partial charge >= 0.3 is 0 Å². The van der Waals surface area contributed by atoms with E-state index in [-0.39, 0.29) is 0 Å². The molecule has 0 spiro atoms. The number of hydrogen-bond acceptors (Lipinski definition) is 4. The quantitative estimate of drug-likeness (QED) is 0.934. The Bertz CT molecular complexity index is 820. The fraction of sp³-hybridized carbons (Fsp3) is 0.421. The lowest BCUT2D eigenvalue weighted by molar-refractivity contribution is 0.220. The summed E-state index contributed by atoms with van der Waals surface area (Å²) < 4.78 is 0. The van der Waals surface area contributed by atoms with E-state index >= 15 is 0 Å². The van der Waals surface area contributed by atoms with Gasteiger partial charge in [0.15, 0.2) is 0 Å². The van der Waals surface area contributed by atoms with Gasteiger partial charge in [0, 0.05) is 35.9 Å². The van der Waals surface area contributed by atoms with Crippen LogP contribution in [-0.4, -0.2) is 32.4 Å². The molecule has 2 aromatic rings. The molecule has 4 rings (SSSR count). The average molecular weight is 319 g/mol. The average Bonchev–Trinajstić information content (AvgIpc) is 3.30. The van der Waals surface area contributed by atoms with Crippen molar-refractivity contribution in [2.45, 2.75) is 38.1 Å². The van der Waals surface area contributed by atoms with Crippen LogP contribution < -0.4 is 0 Å². The number of nitriles is 1. The Balaban J connectivity index is 1.67. The Labute approximate surface area is 141 Å². The van der Waals surface area contributed by atoms with Crippen LogP contribution in [-0.2, 0) is 0 Å². The first-order chi connectivity index (χ1) is 11.9. The molecule has 3 heterocycles. The van der Waals surface area contributed by atoms with Crippen LogP contribution in [0.4, 0.5) is 0 Å². The first-order valence-electron chi connectivity index (χ1n) is 8.66. The molecule has 2 aromatic heterocycles. The number of nitrogens with zero attached hydrogens (tertiary/aromatic N) is 4. The van der Waals surface area contributed by atoms with E-state index < -0.39 is 0 Å². The van der Waals surface area contributed by atoms with Crippen molar-refractivity contribution in [3.63, 3.8) is 0 Å². The maximum atomic E-state index is 9.28. The highest BCUT2D eigenvalue weighted by Crippen LogP contribution is 2.34. The lowest BCUT2D eigenvalue weighted by atomic mass is 9.93. The molecule has 1 saturated carbocycles. The molecule has 24 heavy (non-hydrogen) atoms. The SMILES string of the molecule is N#CCC(C1CCCC1)N1C=C(c2ncnc3[nH]ccc23)C=CC1. The van der Waals surface area contributed by atoms with E-state index in [0.29, 0.717) is 18.4 Å². The Hall–Kier alpha value is -2.61. The predicted molar refractivity (Wildman–Crippen MR) is 93.7 cm³/mol. The standard InChI is InChI=1S/C19H21N5/c20-9-7-17(14-4-1-2-5-14)24-11-3-6-15(12-24)18-16-8-10-21-19(16)23-13-22-18/h3,6,8,10,12-14,17H,1-2,4-5,7,11H2,(H,21,22,23). The van der Waals surface area contributed by atoms with Crippen LogP contribution in [0.2, 0.25) is 0 Å². The Morgan fingerprint density at radius 3 is 3.04 bits per heavy atom. The molecule has 1 aliphatic heterocycles. The summed E-state index contributed by atoms with van der Waals surface area (Å²) in [5.41, 5.74) is 2.90. The van der Waals surface area contributed by atoms with Gasteiger partial charge in [-0.2, -0.15) is 5.26 Å². The Morgan fingerprint density at radius 1 is 1.33 bits per heavy atom. The third-order valence-electron chi connectivity index (χ3n) is 5.22. The summed E-state index contributed by atoms with van der Waals surface area (Å²) in [7, 11) is 0. The van der Waals surface area contributed by atoms with Gasteiger partial charge in [-0.1, -0.05) is 25.0 Å². The molecule has 122 valence electrons. The van der Waals surface area contributed by atoms with E-state index in [0.717, 1.165) is 28.8 Å². The summed E-state index contributed by atoms with van der Waals surface area (Å²) in [6.45, 7) is 0.869. The van der Waals surface area contributed by atoms with Crippen LogP contribution in [0.1, 0.15) is 37.8 Å². The van der Waals surface area contributed by atoms with Crippen molar-refractivity contribution in [1.29, 1.82) is 5.26 Å². The van der Waals surface area contributed by atoms with Crippen LogP contribution in [0.5, 0.6) is 0 Å². The molecule has 0 bridgehead atoms. The van der Waals surface area contributed by atoms with Crippen LogP contribution in [0.15, 0.2) is 36.9 Å². The molecule has 0 saturated heterocycles. The van der Waals surface area contributed by atoms with E-state index in [2.05, 4.69) is 44.3 Å². The minimum atomic E-state index is 0.306. The number of rotatable bonds is 4. The molecule has 5 nitrogen and oxygen atoms in total. The highest BCUT2D eigenvalue weighted by molar-refractivity contribution is 5.90. The van der Waals surface area contributed by atoms with Gasteiger partial charge in [-0.3, -0.25) is 0 Å².